The number of aromatic nitrogens is 2. The molecule has 0 aliphatic heterocycles. The largest absolute Gasteiger partial charge is 0.487 e. The summed E-state index contributed by atoms with van der Waals surface area (Å²) in [6.45, 7) is 2.95. The van der Waals surface area contributed by atoms with Crippen molar-refractivity contribution in [1.29, 1.82) is 0 Å². The molecular weight excluding hydrogens is 262 g/mol. The third kappa shape index (κ3) is 3.28. The van der Waals surface area contributed by atoms with Crippen molar-refractivity contribution in [2.24, 2.45) is 12.8 Å². The molecule has 1 aromatic carbocycles. The van der Waals surface area contributed by atoms with Crippen LogP contribution in [0.3, 0.4) is 0 Å². The minimum absolute atomic E-state index is 0.409. The predicted octanol–water partition coefficient (Wildman–Crippen LogP) is 2.46. The highest BCUT2D eigenvalue weighted by atomic mass is 35.5. The van der Waals surface area contributed by atoms with Gasteiger partial charge in [-0.15, -0.1) is 0 Å². The summed E-state index contributed by atoms with van der Waals surface area (Å²) < 4.78 is 7.47. The van der Waals surface area contributed by atoms with Gasteiger partial charge < -0.3 is 10.5 Å². The SMILES string of the molecule is Cc1nn(C)c(COc2ccc(CCN)cc2)c1Cl. The Labute approximate surface area is 118 Å². The Morgan fingerprint density at radius 1 is 1.32 bits per heavy atom. The molecule has 0 aliphatic rings. The van der Waals surface area contributed by atoms with Gasteiger partial charge in [0.15, 0.2) is 0 Å². The van der Waals surface area contributed by atoms with E-state index in [1.165, 1.54) is 5.56 Å². The predicted molar refractivity (Wildman–Crippen MR) is 76.5 cm³/mol. The Kier molecular flexibility index (Phi) is 4.45. The van der Waals surface area contributed by atoms with E-state index in [2.05, 4.69) is 5.10 Å². The zero-order valence-corrected chi connectivity index (χ0v) is 11.9. The van der Waals surface area contributed by atoms with Crippen LogP contribution in [-0.2, 0) is 20.1 Å². The van der Waals surface area contributed by atoms with Gasteiger partial charge >= 0.3 is 0 Å². The normalized spacial score (nSPS) is 10.7. The fraction of sp³-hybridized carbons (Fsp3) is 0.357. The molecule has 2 rings (SSSR count). The molecule has 0 fully saturated rings. The van der Waals surface area contributed by atoms with E-state index in [-0.39, 0.29) is 0 Å². The standard InChI is InChI=1S/C14H18ClN3O/c1-10-14(15)13(18(2)17-10)9-19-12-5-3-11(4-6-12)7-8-16/h3-6H,7-9,16H2,1-2H3. The molecule has 0 amide bonds. The summed E-state index contributed by atoms with van der Waals surface area (Å²) in [5.41, 5.74) is 8.43. The zero-order chi connectivity index (χ0) is 13.8. The smallest absolute Gasteiger partial charge is 0.131 e. The first kappa shape index (κ1) is 13.9. The Balaban J connectivity index is 2.02. The molecule has 1 heterocycles. The van der Waals surface area contributed by atoms with Gasteiger partial charge in [0.05, 0.1) is 16.4 Å². The Hall–Kier alpha value is -1.52. The van der Waals surface area contributed by atoms with Crippen LogP contribution in [0.4, 0.5) is 0 Å². The summed E-state index contributed by atoms with van der Waals surface area (Å²) in [6, 6.07) is 7.95. The van der Waals surface area contributed by atoms with E-state index in [9.17, 15) is 0 Å². The minimum Gasteiger partial charge on any atom is -0.487 e. The van der Waals surface area contributed by atoms with Gasteiger partial charge in [0.1, 0.15) is 12.4 Å². The number of nitrogens with two attached hydrogens (primary N) is 1. The Morgan fingerprint density at radius 2 is 2.00 bits per heavy atom. The first-order valence-corrected chi connectivity index (χ1v) is 6.59. The molecule has 5 heteroatoms. The third-order valence-corrected chi connectivity index (χ3v) is 3.49. The maximum absolute atomic E-state index is 6.17. The molecule has 1 aromatic heterocycles. The molecule has 2 N–H and O–H groups in total. The van der Waals surface area contributed by atoms with Gasteiger partial charge in [-0.05, 0) is 37.6 Å². The van der Waals surface area contributed by atoms with E-state index in [1.807, 2.05) is 38.2 Å². The van der Waals surface area contributed by atoms with E-state index >= 15 is 0 Å². The first-order valence-electron chi connectivity index (χ1n) is 6.21. The molecule has 0 bridgehead atoms. The van der Waals surface area contributed by atoms with E-state index in [1.54, 1.807) is 4.68 Å². The van der Waals surface area contributed by atoms with E-state index < -0.39 is 0 Å². The number of nitrogens with zero attached hydrogens (tertiary/aromatic N) is 2. The van der Waals surface area contributed by atoms with E-state index in [4.69, 9.17) is 22.1 Å². The van der Waals surface area contributed by atoms with Crippen LogP contribution in [-0.4, -0.2) is 16.3 Å². The zero-order valence-electron chi connectivity index (χ0n) is 11.2. The average Bonchev–Trinajstić information content (AvgIpc) is 2.64. The number of benzene rings is 1. The van der Waals surface area contributed by atoms with Crippen LogP contribution in [0.1, 0.15) is 17.0 Å². The van der Waals surface area contributed by atoms with Crippen molar-refractivity contribution < 1.29 is 4.74 Å². The second kappa shape index (κ2) is 6.08. The molecule has 2 aromatic rings. The third-order valence-electron chi connectivity index (χ3n) is 2.99. The van der Waals surface area contributed by atoms with Crippen molar-refractivity contribution >= 4 is 11.6 Å². The second-order valence-corrected chi connectivity index (χ2v) is 4.82. The summed E-state index contributed by atoms with van der Waals surface area (Å²) >= 11 is 6.17. The van der Waals surface area contributed by atoms with Crippen molar-refractivity contribution in [3.8, 4) is 5.75 Å². The van der Waals surface area contributed by atoms with Crippen molar-refractivity contribution in [2.75, 3.05) is 6.54 Å². The van der Waals surface area contributed by atoms with Crippen LogP contribution >= 0.6 is 11.6 Å². The van der Waals surface area contributed by atoms with Crippen LogP contribution < -0.4 is 10.5 Å². The topological polar surface area (TPSA) is 53.1 Å². The summed E-state index contributed by atoms with van der Waals surface area (Å²) in [7, 11) is 1.86. The average molecular weight is 280 g/mol. The van der Waals surface area contributed by atoms with Gasteiger partial charge in [-0.25, -0.2) is 0 Å². The molecule has 0 atom stereocenters. The van der Waals surface area contributed by atoms with Crippen LogP contribution in [0.2, 0.25) is 5.02 Å². The van der Waals surface area contributed by atoms with Crippen molar-refractivity contribution in [2.45, 2.75) is 20.0 Å². The fourth-order valence-electron chi connectivity index (χ4n) is 1.91. The van der Waals surface area contributed by atoms with Crippen molar-refractivity contribution in [3.05, 3.63) is 46.2 Å². The molecule has 0 saturated carbocycles. The Bertz CT molecular complexity index is 549. The van der Waals surface area contributed by atoms with Gasteiger partial charge in [0.2, 0.25) is 0 Å². The van der Waals surface area contributed by atoms with Gasteiger partial charge in [-0.3, -0.25) is 4.68 Å². The van der Waals surface area contributed by atoms with Gasteiger partial charge in [-0.1, -0.05) is 23.7 Å². The number of halogens is 1. The molecule has 19 heavy (non-hydrogen) atoms. The van der Waals surface area contributed by atoms with Crippen molar-refractivity contribution in [1.82, 2.24) is 9.78 Å². The first-order chi connectivity index (χ1) is 9.11. The molecule has 4 nitrogen and oxygen atoms in total. The van der Waals surface area contributed by atoms with E-state index in [0.29, 0.717) is 18.2 Å². The van der Waals surface area contributed by atoms with Gasteiger partial charge in [0, 0.05) is 7.05 Å². The summed E-state index contributed by atoms with van der Waals surface area (Å²) in [5.74, 6) is 0.815. The molecule has 0 spiro atoms. The van der Waals surface area contributed by atoms with Gasteiger partial charge in [-0.2, -0.15) is 5.10 Å². The second-order valence-electron chi connectivity index (χ2n) is 4.44. The summed E-state index contributed by atoms with van der Waals surface area (Å²) in [4.78, 5) is 0. The number of aryl methyl sites for hydroxylation is 2. The summed E-state index contributed by atoms with van der Waals surface area (Å²) in [6.07, 6.45) is 0.882. The fourth-order valence-corrected chi connectivity index (χ4v) is 2.12. The highest BCUT2D eigenvalue weighted by molar-refractivity contribution is 6.31. The molecule has 0 radical (unpaired) electrons. The quantitative estimate of drug-likeness (QED) is 0.915. The lowest BCUT2D eigenvalue weighted by Gasteiger charge is -2.08. The molecular formula is C14H18ClN3O. The Morgan fingerprint density at radius 3 is 2.53 bits per heavy atom. The van der Waals surface area contributed by atoms with Crippen molar-refractivity contribution in [3.63, 3.8) is 0 Å². The molecule has 0 saturated heterocycles. The lowest BCUT2D eigenvalue weighted by molar-refractivity contribution is 0.295. The monoisotopic (exact) mass is 279 g/mol. The number of ether oxygens (including phenoxy) is 1. The minimum atomic E-state index is 0.409. The van der Waals surface area contributed by atoms with Crippen LogP contribution in [0.15, 0.2) is 24.3 Å². The molecule has 102 valence electrons. The number of rotatable bonds is 5. The van der Waals surface area contributed by atoms with Crippen LogP contribution in [0.5, 0.6) is 5.75 Å². The van der Waals surface area contributed by atoms with Gasteiger partial charge in [0.25, 0.3) is 0 Å². The maximum atomic E-state index is 6.17. The lowest BCUT2D eigenvalue weighted by Crippen LogP contribution is -2.04. The highest BCUT2D eigenvalue weighted by Crippen LogP contribution is 2.21. The highest BCUT2D eigenvalue weighted by Gasteiger charge is 2.11. The molecule has 0 unspecified atom stereocenters. The molecule has 0 aliphatic carbocycles. The van der Waals surface area contributed by atoms with E-state index in [0.717, 1.165) is 23.6 Å². The lowest BCUT2D eigenvalue weighted by atomic mass is 10.1. The van der Waals surface area contributed by atoms with Crippen LogP contribution in [0.25, 0.3) is 0 Å². The summed E-state index contributed by atoms with van der Waals surface area (Å²) in [5, 5.41) is 4.92. The number of hydrogen-bond acceptors (Lipinski definition) is 3. The number of hydrogen-bond donors (Lipinski definition) is 1. The maximum Gasteiger partial charge on any atom is 0.131 e. The van der Waals surface area contributed by atoms with Crippen LogP contribution in [0, 0.1) is 6.92 Å².